The first kappa shape index (κ1) is 11.7. The summed E-state index contributed by atoms with van der Waals surface area (Å²) in [5, 5.41) is 12.6. The molecule has 0 unspecified atom stereocenters. The summed E-state index contributed by atoms with van der Waals surface area (Å²) >= 11 is 0. The van der Waals surface area contributed by atoms with Crippen molar-refractivity contribution in [1.29, 1.82) is 0 Å². The van der Waals surface area contributed by atoms with Crippen LogP contribution in [0.4, 0.5) is 5.69 Å². The first-order valence-corrected chi connectivity index (χ1v) is 8.51. The Labute approximate surface area is 92.3 Å². The Morgan fingerprint density at radius 3 is 2.53 bits per heavy atom. The first-order chi connectivity index (χ1) is 6.99. The van der Waals surface area contributed by atoms with Crippen molar-refractivity contribution < 1.29 is 5.11 Å². The van der Waals surface area contributed by atoms with Gasteiger partial charge >= 0.3 is 0 Å². The molecule has 0 atom stereocenters. The number of para-hydroxylation sites is 2. The molecule has 1 aromatic rings. The minimum absolute atomic E-state index is 0.271. The van der Waals surface area contributed by atoms with E-state index in [-0.39, 0.29) is 5.75 Å². The molecule has 3 heteroatoms. The van der Waals surface area contributed by atoms with E-state index in [0.717, 1.165) is 5.69 Å². The Hall–Kier alpha value is -1.40. The van der Waals surface area contributed by atoms with Crippen molar-refractivity contribution in [2.45, 2.75) is 19.6 Å². The van der Waals surface area contributed by atoms with Crippen molar-refractivity contribution in [2.24, 2.45) is 0 Å². The summed E-state index contributed by atoms with van der Waals surface area (Å²) in [4.78, 5) is 0. The molecule has 0 bridgehead atoms. The SMILES string of the molecule is C[Si](C)(C)C#CCNc1ccccc1O. The maximum atomic E-state index is 9.47. The highest BCUT2D eigenvalue weighted by molar-refractivity contribution is 6.83. The standard InChI is InChI=1S/C12H17NOSi/c1-15(2,3)10-6-9-13-11-7-4-5-8-12(11)14/h4-5,7-8,13-14H,9H2,1-3H3. The number of anilines is 1. The third-order valence-corrected chi connectivity index (χ3v) is 2.66. The molecule has 0 aliphatic carbocycles. The predicted octanol–water partition coefficient (Wildman–Crippen LogP) is 2.68. The van der Waals surface area contributed by atoms with Crippen molar-refractivity contribution in [3.63, 3.8) is 0 Å². The molecular formula is C12H17NOSi. The normalized spacial score (nSPS) is 10.3. The van der Waals surface area contributed by atoms with Crippen LogP contribution in [0.25, 0.3) is 0 Å². The number of phenols is 1. The summed E-state index contributed by atoms with van der Waals surface area (Å²) in [6, 6.07) is 7.18. The number of hydrogen-bond acceptors (Lipinski definition) is 2. The second kappa shape index (κ2) is 4.90. The van der Waals surface area contributed by atoms with Crippen molar-refractivity contribution in [3.8, 4) is 17.2 Å². The predicted molar refractivity (Wildman–Crippen MR) is 67.7 cm³/mol. The van der Waals surface area contributed by atoms with Crippen LogP contribution in [0, 0.1) is 11.5 Å². The smallest absolute Gasteiger partial charge is 0.138 e. The van der Waals surface area contributed by atoms with E-state index < -0.39 is 8.07 Å². The number of phenolic OH excluding ortho intramolecular Hbond substituents is 1. The van der Waals surface area contributed by atoms with Gasteiger partial charge in [0.25, 0.3) is 0 Å². The Morgan fingerprint density at radius 1 is 1.27 bits per heavy atom. The Balaban J connectivity index is 2.51. The van der Waals surface area contributed by atoms with Gasteiger partial charge in [-0.15, -0.1) is 5.54 Å². The molecule has 0 saturated carbocycles. The molecule has 80 valence electrons. The Morgan fingerprint density at radius 2 is 1.93 bits per heavy atom. The molecule has 0 fully saturated rings. The zero-order valence-electron chi connectivity index (χ0n) is 9.46. The summed E-state index contributed by atoms with van der Waals surface area (Å²) in [6.45, 7) is 7.21. The van der Waals surface area contributed by atoms with Gasteiger partial charge in [0.05, 0.1) is 12.2 Å². The number of rotatable bonds is 2. The highest BCUT2D eigenvalue weighted by Gasteiger charge is 2.06. The van der Waals surface area contributed by atoms with Crippen LogP contribution in [0.1, 0.15) is 0 Å². The van der Waals surface area contributed by atoms with E-state index in [1.807, 2.05) is 12.1 Å². The molecular weight excluding hydrogens is 202 g/mol. The monoisotopic (exact) mass is 219 g/mol. The van der Waals surface area contributed by atoms with Gasteiger partial charge in [-0.25, -0.2) is 0 Å². The second-order valence-corrected chi connectivity index (χ2v) is 9.17. The summed E-state index contributed by atoms with van der Waals surface area (Å²) in [6.07, 6.45) is 0. The molecule has 0 radical (unpaired) electrons. The molecule has 0 heterocycles. The zero-order chi connectivity index (χ0) is 11.3. The van der Waals surface area contributed by atoms with Gasteiger partial charge < -0.3 is 10.4 Å². The minimum atomic E-state index is -1.27. The summed E-state index contributed by atoms with van der Waals surface area (Å²) in [5.41, 5.74) is 3.99. The van der Waals surface area contributed by atoms with Gasteiger partial charge in [0.15, 0.2) is 0 Å². The highest BCUT2D eigenvalue weighted by atomic mass is 28.3. The molecule has 0 amide bonds. The van der Waals surface area contributed by atoms with Crippen LogP contribution in [0.5, 0.6) is 5.75 Å². The van der Waals surface area contributed by atoms with Gasteiger partial charge in [0.1, 0.15) is 13.8 Å². The second-order valence-electron chi connectivity index (χ2n) is 4.42. The first-order valence-electron chi connectivity index (χ1n) is 5.01. The average molecular weight is 219 g/mol. The van der Waals surface area contributed by atoms with Crippen LogP contribution in [0.3, 0.4) is 0 Å². The molecule has 1 aromatic carbocycles. The summed E-state index contributed by atoms with van der Waals surface area (Å²) < 4.78 is 0. The lowest BCUT2D eigenvalue weighted by atomic mass is 10.3. The van der Waals surface area contributed by atoms with E-state index in [1.54, 1.807) is 12.1 Å². The van der Waals surface area contributed by atoms with Crippen molar-refractivity contribution >= 4 is 13.8 Å². The maximum Gasteiger partial charge on any atom is 0.138 e. The van der Waals surface area contributed by atoms with Crippen molar-refractivity contribution in [1.82, 2.24) is 0 Å². The molecule has 2 N–H and O–H groups in total. The lowest BCUT2D eigenvalue weighted by Gasteiger charge is -2.05. The van der Waals surface area contributed by atoms with Gasteiger partial charge in [0.2, 0.25) is 0 Å². The van der Waals surface area contributed by atoms with Gasteiger partial charge in [-0.05, 0) is 12.1 Å². The van der Waals surface area contributed by atoms with Crippen molar-refractivity contribution in [2.75, 3.05) is 11.9 Å². The third-order valence-electron chi connectivity index (χ3n) is 1.73. The largest absolute Gasteiger partial charge is 0.506 e. The van der Waals surface area contributed by atoms with E-state index in [2.05, 4.69) is 36.4 Å². The lowest BCUT2D eigenvalue weighted by Crippen LogP contribution is -2.17. The summed E-state index contributed by atoms with van der Waals surface area (Å²) in [5.74, 6) is 3.36. The minimum Gasteiger partial charge on any atom is -0.506 e. The van der Waals surface area contributed by atoms with Crippen LogP contribution in [-0.2, 0) is 0 Å². The zero-order valence-corrected chi connectivity index (χ0v) is 10.5. The van der Waals surface area contributed by atoms with E-state index in [1.165, 1.54) is 0 Å². The highest BCUT2D eigenvalue weighted by Crippen LogP contribution is 2.20. The molecule has 0 saturated heterocycles. The van der Waals surface area contributed by atoms with Crippen LogP contribution < -0.4 is 5.32 Å². The number of hydrogen-bond donors (Lipinski definition) is 2. The van der Waals surface area contributed by atoms with E-state index in [4.69, 9.17) is 0 Å². The van der Waals surface area contributed by atoms with Gasteiger partial charge in [0, 0.05) is 0 Å². The van der Waals surface area contributed by atoms with E-state index in [9.17, 15) is 5.11 Å². The van der Waals surface area contributed by atoms with Gasteiger partial charge in [-0.2, -0.15) is 0 Å². The molecule has 2 nitrogen and oxygen atoms in total. The van der Waals surface area contributed by atoms with Crippen molar-refractivity contribution in [3.05, 3.63) is 24.3 Å². The lowest BCUT2D eigenvalue weighted by molar-refractivity contribution is 0.477. The van der Waals surface area contributed by atoms with Gasteiger partial charge in [-0.1, -0.05) is 37.7 Å². The van der Waals surface area contributed by atoms with Gasteiger partial charge in [-0.3, -0.25) is 0 Å². The fraction of sp³-hybridized carbons (Fsp3) is 0.333. The fourth-order valence-electron chi connectivity index (χ4n) is 1.07. The quantitative estimate of drug-likeness (QED) is 0.455. The maximum absolute atomic E-state index is 9.47. The average Bonchev–Trinajstić information content (AvgIpc) is 2.13. The number of aromatic hydroxyl groups is 1. The number of nitrogens with one attached hydrogen (secondary N) is 1. The topological polar surface area (TPSA) is 32.3 Å². The Bertz CT molecular complexity index is 385. The molecule has 15 heavy (non-hydrogen) atoms. The van der Waals surface area contributed by atoms with Crippen LogP contribution in [-0.4, -0.2) is 19.7 Å². The number of benzene rings is 1. The van der Waals surface area contributed by atoms with Crippen LogP contribution >= 0.6 is 0 Å². The third kappa shape index (κ3) is 4.57. The molecule has 0 aliphatic heterocycles. The Kier molecular flexibility index (Phi) is 3.81. The summed E-state index contributed by atoms with van der Waals surface area (Å²) in [7, 11) is -1.27. The molecule has 0 spiro atoms. The fourth-order valence-corrected chi connectivity index (χ4v) is 1.69. The van der Waals surface area contributed by atoms with Crippen LogP contribution in [0.2, 0.25) is 19.6 Å². The van der Waals surface area contributed by atoms with E-state index >= 15 is 0 Å². The van der Waals surface area contributed by atoms with Crippen LogP contribution in [0.15, 0.2) is 24.3 Å². The molecule has 0 aromatic heterocycles. The molecule has 1 rings (SSSR count). The van der Waals surface area contributed by atoms with E-state index in [0.29, 0.717) is 6.54 Å². The molecule has 0 aliphatic rings.